The summed E-state index contributed by atoms with van der Waals surface area (Å²) in [5, 5.41) is 3.86. The Morgan fingerprint density at radius 1 is 0.966 bits per heavy atom. The zero-order valence-electron chi connectivity index (χ0n) is 16.5. The minimum Gasteiger partial charge on any atom is -0.487 e. The van der Waals surface area contributed by atoms with Crippen molar-refractivity contribution in [2.45, 2.75) is 29.9 Å². The van der Waals surface area contributed by atoms with Crippen LogP contribution in [0.2, 0.25) is 0 Å². The molecule has 5 rings (SSSR count). The normalized spacial score (nSPS) is 21.9. The summed E-state index contributed by atoms with van der Waals surface area (Å²) in [5.41, 5.74) is 5.04. The fraction of sp³-hybridized carbons (Fsp3) is 0.231. The van der Waals surface area contributed by atoms with Crippen LogP contribution in [-0.2, 0) is 6.61 Å². The number of fused-ring (bicyclic) bond motifs is 3. The molecule has 0 amide bonds. The van der Waals surface area contributed by atoms with Crippen LogP contribution >= 0.6 is 11.8 Å². The molecule has 0 spiro atoms. The van der Waals surface area contributed by atoms with Crippen molar-refractivity contribution in [1.29, 1.82) is 0 Å². The second kappa shape index (κ2) is 8.00. The monoisotopic (exact) mass is 399 g/mol. The quantitative estimate of drug-likeness (QED) is 0.376. The number of allylic oxidation sites excluding steroid dienone is 2. The molecule has 3 heteroatoms. The zero-order chi connectivity index (χ0) is 19.6. The first-order valence-electron chi connectivity index (χ1n) is 10.2. The maximum absolute atomic E-state index is 6.27. The molecule has 29 heavy (non-hydrogen) atoms. The van der Waals surface area contributed by atoms with Gasteiger partial charge in [-0.15, -0.1) is 11.8 Å². The summed E-state index contributed by atoms with van der Waals surface area (Å²) in [7, 11) is 0. The number of hydrogen-bond donors (Lipinski definition) is 1. The van der Waals surface area contributed by atoms with E-state index in [1.807, 2.05) is 6.07 Å². The molecule has 3 unspecified atom stereocenters. The van der Waals surface area contributed by atoms with E-state index in [4.69, 9.17) is 4.74 Å². The summed E-state index contributed by atoms with van der Waals surface area (Å²) in [5.74, 6) is 1.93. The van der Waals surface area contributed by atoms with Crippen molar-refractivity contribution in [3.63, 3.8) is 0 Å². The van der Waals surface area contributed by atoms with E-state index < -0.39 is 0 Å². The lowest BCUT2D eigenvalue weighted by molar-refractivity contribution is 0.304. The van der Waals surface area contributed by atoms with Gasteiger partial charge in [0.15, 0.2) is 0 Å². The highest BCUT2D eigenvalue weighted by Crippen LogP contribution is 2.52. The van der Waals surface area contributed by atoms with Crippen LogP contribution in [0.15, 0.2) is 89.8 Å². The number of anilines is 1. The number of para-hydroxylation sites is 1. The minimum atomic E-state index is 0.292. The predicted molar refractivity (Wildman–Crippen MR) is 122 cm³/mol. The third-order valence-corrected chi connectivity index (χ3v) is 6.81. The van der Waals surface area contributed by atoms with Crippen LogP contribution in [0.5, 0.6) is 5.75 Å². The van der Waals surface area contributed by atoms with Gasteiger partial charge in [0.2, 0.25) is 0 Å². The van der Waals surface area contributed by atoms with Gasteiger partial charge in [0.05, 0.1) is 11.7 Å². The van der Waals surface area contributed by atoms with E-state index in [1.165, 1.54) is 21.6 Å². The van der Waals surface area contributed by atoms with Crippen LogP contribution in [0.3, 0.4) is 0 Å². The number of rotatable bonds is 5. The molecule has 3 atom stereocenters. The molecular formula is C26H25NOS. The Hall–Kier alpha value is -2.65. The molecule has 1 heterocycles. The van der Waals surface area contributed by atoms with Gasteiger partial charge >= 0.3 is 0 Å². The van der Waals surface area contributed by atoms with Gasteiger partial charge in [-0.1, -0.05) is 66.7 Å². The fourth-order valence-corrected chi connectivity index (χ4v) is 5.00. The summed E-state index contributed by atoms with van der Waals surface area (Å²) >= 11 is 1.79. The van der Waals surface area contributed by atoms with Gasteiger partial charge in [0.1, 0.15) is 12.4 Å². The topological polar surface area (TPSA) is 21.3 Å². The average Bonchev–Trinajstić information content (AvgIpc) is 3.28. The number of benzene rings is 3. The second-order valence-corrected chi connectivity index (χ2v) is 8.62. The standard InChI is InChI=1S/C26H25NOS/c1-29-20-15-13-19(14-16-20)25-22-10-5-9-21(22)23-11-6-12-24(26(23)27-25)28-17-18-7-3-2-4-8-18/h2-9,11-16,21-22,25,27H,10,17H2,1H3. The van der Waals surface area contributed by atoms with Crippen LogP contribution in [0.4, 0.5) is 5.69 Å². The molecule has 1 aliphatic heterocycles. The molecule has 1 N–H and O–H groups in total. The minimum absolute atomic E-state index is 0.292. The summed E-state index contributed by atoms with van der Waals surface area (Å²) in [6.07, 6.45) is 7.96. The Morgan fingerprint density at radius 3 is 2.59 bits per heavy atom. The number of ether oxygens (including phenoxy) is 1. The van der Waals surface area contributed by atoms with Gasteiger partial charge in [-0.25, -0.2) is 0 Å². The van der Waals surface area contributed by atoms with E-state index in [0.29, 0.717) is 24.5 Å². The van der Waals surface area contributed by atoms with Gasteiger partial charge in [0.25, 0.3) is 0 Å². The third-order valence-electron chi connectivity index (χ3n) is 6.07. The Labute approximate surface area is 177 Å². The molecule has 2 aliphatic rings. The van der Waals surface area contributed by atoms with E-state index in [2.05, 4.69) is 90.5 Å². The van der Waals surface area contributed by atoms with Crippen molar-refractivity contribution < 1.29 is 4.74 Å². The van der Waals surface area contributed by atoms with Crippen LogP contribution in [0, 0.1) is 5.92 Å². The Morgan fingerprint density at radius 2 is 1.79 bits per heavy atom. The van der Waals surface area contributed by atoms with Crippen molar-refractivity contribution in [3.05, 3.63) is 102 Å². The van der Waals surface area contributed by atoms with Crippen LogP contribution < -0.4 is 10.1 Å². The van der Waals surface area contributed by atoms with E-state index in [-0.39, 0.29) is 0 Å². The first-order chi connectivity index (χ1) is 14.3. The molecule has 3 aromatic carbocycles. The van der Waals surface area contributed by atoms with E-state index in [1.54, 1.807) is 11.8 Å². The largest absolute Gasteiger partial charge is 0.487 e. The summed E-state index contributed by atoms with van der Waals surface area (Å²) < 4.78 is 6.27. The van der Waals surface area contributed by atoms with E-state index in [0.717, 1.165) is 17.9 Å². The first kappa shape index (κ1) is 18.4. The molecule has 0 fully saturated rings. The molecule has 0 bridgehead atoms. The van der Waals surface area contributed by atoms with Crippen LogP contribution in [0.1, 0.15) is 35.1 Å². The van der Waals surface area contributed by atoms with E-state index >= 15 is 0 Å². The first-order valence-corrected chi connectivity index (χ1v) is 11.4. The van der Waals surface area contributed by atoms with Gasteiger partial charge in [-0.3, -0.25) is 0 Å². The van der Waals surface area contributed by atoms with Gasteiger partial charge in [-0.2, -0.15) is 0 Å². The fourth-order valence-electron chi connectivity index (χ4n) is 4.59. The highest BCUT2D eigenvalue weighted by molar-refractivity contribution is 7.98. The molecule has 3 aromatic rings. The maximum Gasteiger partial charge on any atom is 0.143 e. The maximum atomic E-state index is 6.27. The van der Waals surface area contributed by atoms with Gasteiger partial charge < -0.3 is 10.1 Å². The number of thioether (sulfide) groups is 1. The Kier molecular flexibility index (Phi) is 5.07. The third kappa shape index (κ3) is 3.56. The lowest BCUT2D eigenvalue weighted by Crippen LogP contribution is -2.29. The van der Waals surface area contributed by atoms with Gasteiger partial charge in [0, 0.05) is 10.8 Å². The Bertz CT molecular complexity index is 1010. The molecule has 1 aliphatic carbocycles. The van der Waals surface area contributed by atoms with Crippen molar-refractivity contribution in [2.75, 3.05) is 11.6 Å². The molecule has 0 radical (unpaired) electrons. The molecule has 146 valence electrons. The SMILES string of the molecule is CSc1ccc(C2Nc3c(OCc4ccccc4)cccc3C3C=CCC32)cc1. The summed E-state index contributed by atoms with van der Waals surface area (Å²) in [6, 6.07) is 26.1. The molecule has 0 saturated carbocycles. The van der Waals surface area contributed by atoms with E-state index in [9.17, 15) is 0 Å². The van der Waals surface area contributed by atoms with Crippen molar-refractivity contribution in [2.24, 2.45) is 5.92 Å². The Balaban J connectivity index is 1.47. The smallest absolute Gasteiger partial charge is 0.143 e. The lowest BCUT2D eigenvalue weighted by Gasteiger charge is -2.38. The molecular weight excluding hydrogens is 374 g/mol. The van der Waals surface area contributed by atoms with Gasteiger partial charge in [-0.05, 0) is 53.5 Å². The highest BCUT2D eigenvalue weighted by Gasteiger charge is 2.38. The zero-order valence-corrected chi connectivity index (χ0v) is 17.4. The van der Waals surface area contributed by atoms with Crippen LogP contribution in [-0.4, -0.2) is 6.26 Å². The summed E-state index contributed by atoms with van der Waals surface area (Å²) in [6.45, 7) is 0.579. The second-order valence-electron chi connectivity index (χ2n) is 7.74. The van der Waals surface area contributed by atoms with Crippen molar-refractivity contribution in [1.82, 2.24) is 0 Å². The van der Waals surface area contributed by atoms with Crippen molar-refractivity contribution >= 4 is 17.4 Å². The number of nitrogens with one attached hydrogen (secondary N) is 1. The summed E-state index contributed by atoms with van der Waals surface area (Å²) in [4.78, 5) is 1.30. The molecule has 0 aromatic heterocycles. The van der Waals surface area contributed by atoms with Crippen molar-refractivity contribution in [3.8, 4) is 5.75 Å². The number of hydrogen-bond acceptors (Lipinski definition) is 3. The average molecular weight is 400 g/mol. The lowest BCUT2D eigenvalue weighted by atomic mass is 9.77. The van der Waals surface area contributed by atoms with Crippen LogP contribution in [0.25, 0.3) is 0 Å². The molecule has 2 nitrogen and oxygen atoms in total. The predicted octanol–water partition coefficient (Wildman–Crippen LogP) is 6.81. The molecule has 0 saturated heterocycles. The highest BCUT2D eigenvalue weighted by atomic mass is 32.2.